The van der Waals surface area contributed by atoms with E-state index in [1.165, 1.54) is 0 Å². The van der Waals surface area contributed by atoms with Crippen molar-refractivity contribution in [2.75, 3.05) is 13.2 Å². The van der Waals surface area contributed by atoms with Gasteiger partial charge in [-0.15, -0.1) is 0 Å². The number of aliphatic hydroxyl groups excluding tert-OH is 3. The Labute approximate surface area is 129 Å². The summed E-state index contributed by atoms with van der Waals surface area (Å²) in [6.07, 6.45) is 0.908. The van der Waals surface area contributed by atoms with E-state index in [0.29, 0.717) is 25.7 Å². The molecular formula is C15H25NO6. The Bertz CT molecular complexity index is 455. The molecule has 22 heavy (non-hydrogen) atoms. The monoisotopic (exact) mass is 315 g/mol. The van der Waals surface area contributed by atoms with E-state index < -0.39 is 35.0 Å². The van der Waals surface area contributed by atoms with Crippen LogP contribution in [-0.2, 0) is 14.3 Å². The summed E-state index contributed by atoms with van der Waals surface area (Å²) in [5, 5.41) is 31.7. The summed E-state index contributed by atoms with van der Waals surface area (Å²) in [6, 6.07) is 0. The predicted molar refractivity (Wildman–Crippen MR) is 76.7 cm³/mol. The molecule has 2 aliphatic rings. The van der Waals surface area contributed by atoms with Crippen molar-refractivity contribution in [1.82, 2.24) is 5.32 Å². The maximum atomic E-state index is 12.1. The molecule has 0 aromatic rings. The zero-order valence-corrected chi connectivity index (χ0v) is 13.0. The van der Waals surface area contributed by atoms with E-state index in [2.05, 4.69) is 5.32 Å². The molecule has 7 nitrogen and oxygen atoms in total. The lowest BCUT2D eigenvalue weighted by molar-refractivity contribution is -0.240. The van der Waals surface area contributed by atoms with Crippen LogP contribution in [0.1, 0.15) is 39.5 Å². The number of carbonyl (C=O) groups is 2. The maximum Gasteiger partial charge on any atom is 0.339 e. The SMILES string of the molecule is CCC1C(=O)NC2(C(O)C(CO)CCCCO)C(=O)OC12C. The summed E-state index contributed by atoms with van der Waals surface area (Å²) in [6.45, 7) is 3.22. The molecule has 5 unspecified atom stereocenters. The van der Waals surface area contributed by atoms with Crippen LogP contribution < -0.4 is 5.32 Å². The first-order valence-corrected chi connectivity index (χ1v) is 7.84. The summed E-state index contributed by atoms with van der Waals surface area (Å²) in [5.41, 5.74) is -2.56. The third-order valence-corrected chi connectivity index (χ3v) is 5.23. The van der Waals surface area contributed by atoms with Gasteiger partial charge in [0.25, 0.3) is 0 Å². The van der Waals surface area contributed by atoms with Crippen LogP contribution in [0.25, 0.3) is 0 Å². The molecular weight excluding hydrogens is 290 g/mol. The Morgan fingerprint density at radius 3 is 2.50 bits per heavy atom. The van der Waals surface area contributed by atoms with Crippen molar-refractivity contribution in [3.63, 3.8) is 0 Å². The number of carbonyl (C=O) groups excluding carboxylic acids is 2. The standard InChI is InChI=1S/C15H25NO6/c1-3-10-12(20)16-15(13(21)22-14(10,15)2)11(19)9(8-18)6-4-5-7-17/h9-11,17-19H,3-8H2,1-2H3,(H,16,20). The third kappa shape index (κ3) is 2.14. The van der Waals surface area contributed by atoms with Gasteiger partial charge in [-0.05, 0) is 26.2 Å². The molecule has 1 amide bonds. The molecule has 0 radical (unpaired) electrons. The second-order valence-corrected chi connectivity index (χ2v) is 6.36. The number of rotatable bonds is 8. The van der Waals surface area contributed by atoms with Crippen LogP contribution in [0.5, 0.6) is 0 Å². The molecule has 5 atom stereocenters. The van der Waals surface area contributed by atoms with E-state index in [1.54, 1.807) is 6.92 Å². The highest BCUT2D eigenvalue weighted by molar-refractivity contribution is 6.01. The number of hydrogen-bond acceptors (Lipinski definition) is 6. The van der Waals surface area contributed by atoms with E-state index in [1.807, 2.05) is 6.92 Å². The molecule has 0 spiro atoms. The minimum absolute atomic E-state index is 0.0355. The van der Waals surface area contributed by atoms with Crippen molar-refractivity contribution in [2.24, 2.45) is 11.8 Å². The van der Waals surface area contributed by atoms with Gasteiger partial charge in [-0.25, -0.2) is 4.79 Å². The van der Waals surface area contributed by atoms with Gasteiger partial charge in [-0.2, -0.15) is 0 Å². The van der Waals surface area contributed by atoms with Crippen LogP contribution in [0.15, 0.2) is 0 Å². The van der Waals surface area contributed by atoms with Crippen LogP contribution in [0, 0.1) is 11.8 Å². The van der Waals surface area contributed by atoms with Gasteiger partial charge in [0.05, 0.1) is 12.0 Å². The molecule has 2 rings (SSSR count). The van der Waals surface area contributed by atoms with E-state index in [4.69, 9.17) is 9.84 Å². The number of unbranched alkanes of at least 4 members (excludes halogenated alkanes) is 1. The fourth-order valence-corrected chi connectivity index (χ4v) is 3.85. The van der Waals surface area contributed by atoms with Crippen molar-refractivity contribution in [3.05, 3.63) is 0 Å². The number of nitrogens with one attached hydrogen (secondary N) is 1. The number of esters is 1. The van der Waals surface area contributed by atoms with Gasteiger partial charge in [0.1, 0.15) is 0 Å². The van der Waals surface area contributed by atoms with Gasteiger partial charge in [-0.1, -0.05) is 13.3 Å². The largest absolute Gasteiger partial charge is 0.453 e. The zero-order valence-electron chi connectivity index (χ0n) is 13.0. The molecule has 0 saturated carbocycles. The summed E-state index contributed by atoms with van der Waals surface area (Å²) in [4.78, 5) is 24.3. The van der Waals surface area contributed by atoms with Crippen LogP contribution in [-0.4, -0.2) is 57.7 Å². The number of aliphatic hydroxyl groups is 3. The lowest BCUT2D eigenvalue weighted by atomic mass is 9.65. The number of hydrogen-bond donors (Lipinski definition) is 4. The fourth-order valence-electron chi connectivity index (χ4n) is 3.85. The van der Waals surface area contributed by atoms with E-state index in [0.717, 1.165) is 0 Å². The molecule has 0 bridgehead atoms. The van der Waals surface area contributed by atoms with Crippen LogP contribution >= 0.6 is 0 Å². The molecule has 4 N–H and O–H groups in total. The Kier molecular flexibility index (Phi) is 4.79. The first-order valence-electron chi connectivity index (χ1n) is 7.84. The molecule has 2 heterocycles. The molecule has 0 aliphatic carbocycles. The highest BCUT2D eigenvalue weighted by atomic mass is 16.6. The molecule has 2 aliphatic heterocycles. The molecule has 2 saturated heterocycles. The summed E-state index contributed by atoms with van der Waals surface area (Å²) in [7, 11) is 0. The molecule has 126 valence electrons. The highest BCUT2D eigenvalue weighted by Crippen LogP contribution is 2.52. The van der Waals surface area contributed by atoms with Crippen LogP contribution in [0.2, 0.25) is 0 Å². The Balaban J connectivity index is 2.24. The Morgan fingerprint density at radius 1 is 1.32 bits per heavy atom. The fraction of sp³-hybridized carbons (Fsp3) is 0.867. The lowest BCUT2D eigenvalue weighted by Crippen LogP contribution is -2.80. The second kappa shape index (κ2) is 6.14. The average Bonchev–Trinajstić information content (AvgIpc) is 2.66. The number of fused-ring (bicyclic) bond motifs is 1. The smallest absolute Gasteiger partial charge is 0.339 e. The van der Waals surface area contributed by atoms with Gasteiger partial charge in [0, 0.05) is 19.1 Å². The lowest BCUT2D eigenvalue weighted by Gasteiger charge is -2.54. The normalized spacial score (nSPS) is 36.1. The maximum absolute atomic E-state index is 12.1. The van der Waals surface area contributed by atoms with Crippen molar-refractivity contribution >= 4 is 11.9 Å². The minimum Gasteiger partial charge on any atom is -0.453 e. The summed E-state index contributed by atoms with van der Waals surface area (Å²) in [5.74, 6) is -2.01. The summed E-state index contributed by atoms with van der Waals surface area (Å²) < 4.78 is 5.27. The zero-order chi connectivity index (χ0) is 16.5. The first-order chi connectivity index (χ1) is 10.4. The summed E-state index contributed by atoms with van der Waals surface area (Å²) >= 11 is 0. The Hall–Kier alpha value is -1.18. The van der Waals surface area contributed by atoms with Crippen molar-refractivity contribution in [3.8, 4) is 0 Å². The molecule has 0 aromatic carbocycles. The minimum atomic E-state index is -1.47. The quantitative estimate of drug-likeness (QED) is 0.349. The van der Waals surface area contributed by atoms with Crippen molar-refractivity contribution in [1.29, 1.82) is 0 Å². The van der Waals surface area contributed by atoms with Gasteiger partial charge in [0.15, 0.2) is 5.60 Å². The van der Waals surface area contributed by atoms with Crippen molar-refractivity contribution in [2.45, 2.75) is 56.8 Å². The Morgan fingerprint density at radius 2 is 2.00 bits per heavy atom. The van der Waals surface area contributed by atoms with E-state index in [9.17, 15) is 19.8 Å². The van der Waals surface area contributed by atoms with Gasteiger partial charge >= 0.3 is 5.97 Å². The van der Waals surface area contributed by atoms with Crippen LogP contribution in [0.4, 0.5) is 0 Å². The second-order valence-electron chi connectivity index (χ2n) is 6.36. The molecule has 2 fully saturated rings. The number of ether oxygens (including phenoxy) is 1. The topological polar surface area (TPSA) is 116 Å². The van der Waals surface area contributed by atoms with Crippen LogP contribution in [0.3, 0.4) is 0 Å². The van der Waals surface area contributed by atoms with Crippen molar-refractivity contribution < 1.29 is 29.6 Å². The number of amides is 1. The van der Waals surface area contributed by atoms with Gasteiger partial charge in [-0.3, -0.25) is 4.79 Å². The third-order valence-electron chi connectivity index (χ3n) is 5.23. The van der Waals surface area contributed by atoms with Gasteiger partial charge in [0.2, 0.25) is 11.4 Å². The molecule has 0 aromatic heterocycles. The molecule has 7 heteroatoms. The first kappa shape index (κ1) is 17.2. The van der Waals surface area contributed by atoms with Gasteiger partial charge < -0.3 is 25.4 Å². The van der Waals surface area contributed by atoms with E-state index >= 15 is 0 Å². The average molecular weight is 315 g/mol. The predicted octanol–water partition coefficient (Wildman–Crippen LogP) is -0.671. The highest BCUT2D eigenvalue weighted by Gasteiger charge is 2.79. The van der Waals surface area contributed by atoms with E-state index in [-0.39, 0.29) is 19.1 Å².